The van der Waals surface area contributed by atoms with Gasteiger partial charge in [-0.25, -0.2) is 4.79 Å². The fraction of sp³-hybridized carbons (Fsp3) is 0.259. The van der Waals surface area contributed by atoms with E-state index in [0.717, 1.165) is 15.6 Å². The van der Waals surface area contributed by atoms with Crippen LogP contribution in [0.5, 0.6) is 0 Å². The van der Waals surface area contributed by atoms with Gasteiger partial charge in [0.2, 0.25) is 5.91 Å². The van der Waals surface area contributed by atoms with E-state index in [1.165, 1.54) is 0 Å². The lowest BCUT2D eigenvalue weighted by Gasteiger charge is -2.38. The summed E-state index contributed by atoms with van der Waals surface area (Å²) in [6.45, 7) is 0.905. The number of amides is 3. The van der Waals surface area contributed by atoms with Crippen LogP contribution in [0.15, 0.2) is 83.3 Å². The molecule has 0 bridgehead atoms. The van der Waals surface area contributed by atoms with Crippen molar-refractivity contribution in [1.82, 2.24) is 4.90 Å². The second kappa shape index (κ2) is 10.8. The standard InChI is InChI=1S/C27H28BrN3O3/c28-22-12-10-21(11-13-22)27(34)15-17-31(18-16-27)26(33)30-24-8-4-7-23(19-24)29-25(32)14-9-20-5-2-1-3-6-20/h1-8,10-13,19,34H,9,14-18H2,(H,29,32)(H,30,33). The third-order valence-corrected chi connectivity index (χ3v) is 6.67. The first-order valence-corrected chi connectivity index (χ1v) is 12.2. The predicted molar refractivity (Wildman–Crippen MR) is 138 cm³/mol. The van der Waals surface area contributed by atoms with Crippen LogP contribution >= 0.6 is 15.9 Å². The third-order valence-electron chi connectivity index (χ3n) is 6.14. The Balaban J connectivity index is 1.28. The highest BCUT2D eigenvalue weighted by Crippen LogP contribution is 2.33. The Bertz CT molecular complexity index is 1130. The number of rotatable bonds is 6. The molecule has 0 aromatic heterocycles. The van der Waals surface area contributed by atoms with E-state index in [-0.39, 0.29) is 11.9 Å². The second-order valence-corrected chi connectivity index (χ2v) is 9.49. The predicted octanol–water partition coefficient (Wildman–Crippen LogP) is 5.54. The lowest BCUT2D eigenvalue weighted by molar-refractivity contribution is -0.116. The molecule has 0 atom stereocenters. The molecule has 1 aliphatic rings. The number of halogens is 1. The molecule has 0 saturated carbocycles. The third kappa shape index (κ3) is 6.24. The minimum Gasteiger partial charge on any atom is -0.385 e. The summed E-state index contributed by atoms with van der Waals surface area (Å²) in [5.74, 6) is -0.0735. The summed E-state index contributed by atoms with van der Waals surface area (Å²) in [7, 11) is 0. The van der Waals surface area contributed by atoms with Crippen molar-refractivity contribution in [2.75, 3.05) is 23.7 Å². The Morgan fingerprint density at radius 1 is 0.882 bits per heavy atom. The van der Waals surface area contributed by atoms with Crippen molar-refractivity contribution in [2.24, 2.45) is 0 Å². The summed E-state index contributed by atoms with van der Waals surface area (Å²) >= 11 is 3.42. The fourth-order valence-electron chi connectivity index (χ4n) is 4.13. The van der Waals surface area contributed by atoms with Gasteiger partial charge in [0.1, 0.15) is 0 Å². The van der Waals surface area contributed by atoms with E-state index >= 15 is 0 Å². The van der Waals surface area contributed by atoms with Gasteiger partial charge in [0, 0.05) is 35.4 Å². The SMILES string of the molecule is O=C(CCc1ccccc1)Nc1cccc(NC(=O)N2CCC(O)(c3ccc(Br)cc3)CC2)c1. The van der Waals surface area contributed by atoms with Gasteiger partial charge in [-0.3, -0.25) is 4.79 Å². The summed E-state index contributed by atoms with van der Waals surface area (Å²) in [5, 5.41) is 16.8. The van der Waals surface area contributed by atoms with Crippen LogP contribution in [0.3, 0.4) is 0 Å². The van der Waals surface area contributed by atoms with Gasteiger partial charge < -0.3 is 20.6 Å². The van der Waals surface area contributed by atoms with Crippen LogP contribution in [0, 0.1) is 0 Å². The van der Waals surface area contributed by atoms with Gasteiger partial charge in [-0.1, -0.05) is 64.5 Å². The van der Waals surface area contributed by atoms with Crippen molar-refractivity contribution in [3.63, 3.8) is 0 Å². The largest absolute Gasteiger partial charge is 0.385 e. The number of urea groups is 1. The van der Waals surface area contributed by atoms with Gasteiger partial charge >= 0.3 is 6.03 Å². The minimum atomic E-state index is -0.929. The highest BCUT2D eigenvalue weighted by atomic mass is 79.9. The minimum absolute atomic E-state index is 0.0735. The normalized spacial score (nSPS) is 14.9. The number of anilines is 2. The van der Waals surface area contributed by atoms with E-state index in [2.05, 4.69) is 26.6 Å². The lowest BCUT2D eigenvalue weighted by Crippen LogP contribution is -2.46. The van der Waals surface area contributed by atoms with Crippen molar-refractivity contribution in [2.45, 2.75) is 31.3 Å². The van der Waals surface area contributed by atoms with Gasteiger partial charge in [-0.05, 0) is 60.7 Å². The number of benzene rings is 3. The number of carbonyl (C=O) groups is 2. The van der Waals surface area contributed by atoms with Crippen molar-refractivity contribution in [3.05, 3.63) is 94.5 Å². The molecule has 3 N–H and O–H groups in total. The molecule has 0 unspecified atom stereocenters. The molecule has 7 heteroatoms. The zero-order chi connectivity index (χ0) is 24.0. The molecule has 0 spiro atoms. The van der Waals surface area contributed by atoms with Gasteiger partial charge in [0.05, 0.1) is 5.60 Å². The first-order chi connectivity index (χ1) is 16.4. The molecule has 1 heterocycles. The van der Waals surface area contributed by atoms with E-state index in [9.17, 15) is 14.7 Å². The van der Waals surface area contributed by atoms with Crippen LogP contribution in [0.2, 0.25) is 0 Å². The first kappa shape index (κ1) is 24.0. The zero-order valence-corrected chi connectivity index (χ0v) is 20.4. The summed E-state index contributed by atoms with van der Waals surface area (Å²) in [6, 6.07) is 24.5. The number of nitrogens with zero attached hydrogens (tertiary/aromatic N) is 1. The monoisotopic (exact) mass is 521 g/mol. The molecule has 1 aliphatic heterocycles. The van der Waals surface area contributed by atoms with Crippen molar-refractivity contribution < 1.29 is 14.7 Å². The molecular formula is C27H28BrN3O3. The number of piperidine rings is 1. The molecule has 176 valence electrons. The van der Waals surface area contributed by atoms with Crippen molar-refractivity contribution in [1.29, 1.82) is 0 Å². The number of likely N-dealkylation sites (tertiary alicyclic amines) is 1. The molecule has 3 amide bonds. The van der Waals surface area contributed by atoms with Gasteiger partial charge in [-0.2, -0.15) is 0 Å². The molecule has 6 nitrogen and oxygen atoms in total. The number of hydrogen-bond acceptors (Lipinski definition) is 3. The summed E-state index contributed by atoms with van der Waals surface area (Å²) in [6.07, 6.45) is 2.00. The van der Waals surface area contributed by atoms with Gasteiger partial charge in [0.15, 0.2) is 0 Å². The van der Waals surface area contributed by atoms with E-state index in [0.29, 0.717) is 50.1 Å². The Kier molecular flexibility index (Phi) is 7.65. The quantitative estimate of drug-likeness (QED) is 0.398. The summed E-state index contributed by atoms with van der Waals surface area (Å²) in [4.78, 5) is 26.8. The molecule has 4 rings (SSSR count). The maximum absolute atomic E-state index is 12.8. The van der Waals surface area contributed by atoms with E-state index in [1.807, 2.05) is 54.6 Å². The smallest absolute Gasteiger partial charge is 0.321 e. The van der Waals surface area contributed by atoms with Crippen LogP contribution in [-0.2, 0) is 16.8 Å². The maximum Gasteiger partial charge on any atom is 0.321 e. The molecule has 3 aromatic rings. The van der Waals surface area contributed by atoms with Crippen molar-refractivity contribution >= 4 is 39.2 Å². The zero-order valence-electron chi connectivity index (χ0n) is 18.8. The Morgan fingerprint density at radius 3 is 2.21 bits per heavy atom. The average Bonchev–Trinajstić information content (AvgIpc) is 2.84. The number of hydrogen-bond donors (Lipinski definition) is 3. The van der Waals surface area contributed by atoms with Gasteiger partial charge in [0.25, 0.3) is 0 Å². The highest BCUT2D eigenvalue weighted by molar-refractivity contribution is 9.10. The van der Waals surface area contributed by atoms with Crippen LogP contribution in [0.4, 0.5) is 16.2 Å². The molecule has 3 aromatic carbocycles. The van der Waals surface area contributed by atoms with Crippen LogP contribution in [0.1, 0.15) is 30.4 Å². The molecule has 1 saturated heterocycles. The summed E-state index contributed by atoms with van der Waals surface area (Å²) in [5.41, 5.74) is 2.30. The van der Waals surface area contributed by atoms with E-state index < -0.39 is 5.60 Å². The highest BCUT2D eigenvalue weighted by Gasteiger charge is 2.35. The first-order valence-electron chi connectivity index (χ1n) is 11.4. The Hall–Kier alpha value is -3.16. The molecule has 1 fully saturated rings. The Morgan fingerprint density at radius 2 is 1.53 bits per heavy atom. The second-order valence-electron chi connectivity index (χ2n) is 8.57. The summed E-state index contributed by atoms with van der Waals surface area (Å²) < 4.78 is 0.964. The molecular weight excluding hydrogens is 494 g/mol. The topological polar surface area (TPSA) is 81.7 Å². The average molecular weight is 522 g/mol. The maximum atomic E-state index is 12.8. The van der Waals surface area contributed by atoms with Gasteiger partial charge in [-0.15, -0.1) is 0 Å². The van der Waals surface area contributed by atoms with Crippen LogP contribution < -0.4 is 10.6 Å². The number of aryl methyl sites for hydroxylation is 1. The molecule has 34 heavy (non-hydrogen) atoms. The number of aliphatic hydroxyl groups is 1. The number of nitrogens with one attached hydrogen (secondary N) is 2. The van der Waals surface area contributed by atoms with Crippen molar-refractivity contribution in [3.8, 4) is 0 Å². The Labute approximate surface area is 208 Å². The van der Waals surface area contributed by atoms with E-state index in [4.69, 9.17) is 0 Å². The molecule has 0 aliphatic carbocycles. The van der Waals surface area contributed by atoms with Crippen LogP contribution in [-0.4, -0.2) is 35.0 Å². The molecule has 0 radical (unpaired) electrons. The number of carbonyl (C=O) groups excluding carboxylic acids is 2. The fourth-order valence-corrected chi connectivity index (χ4v) is 4.40. The lowest BCUT2D eigenvalue weighted by atomic mass is 9.84. The van der Waals surface area contributed by atoms with Crippen LogP contribution in [0.25, 0.3) is 0 Å². The van der Waals surface area contributed by atoms with E-state index in [1.54, 1.807) is 29.2 Å².